The van der Waals surface area contributed by atoms with Crippen molar-refractivity contribution in [2.45, 2.75) is 53.5 Å². The molecule has 0 amide bonds. The van der Waals surface area contributed by atoms with Gasteiger partial charge in [-0.05, 0) is 31.6 Å². The van der Waals surface area contributed by atoms with Crippen LogP contribution >= 0.6 is 0 Å². The molecule has 1 saturated heterocycles. The molecule has 1 N–H and O–H groups in total. The molecule has 20 heavy (non-hydrogen) atoms. The van der Waals surface area contributed by atoms with Gasteiger partial charge in [0.05, 0.1) is 5.56 Å². The Labute approximate surface area is 120 Å². The number of hydrogen-bond acceptors (Lipinski definition) is 4. The molecular weight excluding hydrogens is 254 g/mol. The van der Waals surface area contributed by atoms with Gasteiger partial charge in [-0.25, -0.2) is 4.68 Å². The third-order valence-corrected chi connectivity index (χ3v) is 3.82. The average Bonchev–Trinajstić information content (AvgIpc) is 2.88. The van der Waals surface area contributed by atoms with Crippen LogP contribution in [0.2, 0.25) is 0 Å². The van der Waals surface area contributed by atoms with Crippen molar-refractivity contribution >= 4 is 5.82 Å². The second-order valence-electron chi connectivity index (χ2n) is 6.83. The number of aromatic hydroxyl groups is 1. The minimum atomic E-state index is -0.185. The van der Waals surface area contributed by atoms with Gasteiger partial charge in [-0.2, -0.15) is 0 Å². The predicted molar refractivity (Wildman–Crippen MR) is 80.4 cm³/mol. The molecule has 1 aromatic rings. The van der Waals surface area contributed by atoms with E-state index in [4.69, 9.17) is 0 Å². The first-order valence-corrected chi connectivity index (χ1v) is 7.35. The summed E-state index contributed by atoms with van der Waals surface area (Å²) >= 11 is 0. The fourth-order valence-corrected chi connectivity index (χ4v) is 2.40. The largest absolute Gasteiger partial charge is 0.504 e. The van der Waals surface area contributed by atoms with Crippen LogP contribution in [0, 0.1) is 12.3 Å². The van der Waals surface area contributed by atoms with Crippen LogP contribution in [-0.4, -0.2) is 28.0 Å². The number of anilines is 1. The third kappa shape index (κ3) is 3.14. The molecule has 0 radical (unpaired) electrons. The summed E-state index contributed by atoms with van der Waals surface area (Å²) in [6, 6.07) is 0. The van der Waals surface area contributed by atoms with Gasteiger partial charge in [0.15, 0.2) is 11.6 Å². The zero-order chi connectivity index (χ0) is 14.9. The highest BCUT2D eigenvalue weighted by Crippen LogP contribution is 2.28. The smallest absolute Gasteiger partial charge is 0.273 e. The molecule has 1 aromatic heterocycles. The van der Waals surface area contributed by atoms with Crippen molar-refractivity contribution in [1.82, 2.24) is 9.78 Å². The van der Waals surface area contributed by atoms with E-state index in [0.29, 0.717) is 17.9 Å². The minimum absolute atomic E-state index is 0.0453. The zero-order valence-electron chi connectivity index (χ0n) is 12.9. The van der Waals surface area contributed by atoms with Crippen molar-refractivity contribution in [1.29, 1.82) is 0 Å². The van der Waals surface area contributed by atoms with E-state index in [9.17, 15) is 9.90 Å². The summed E-state index contributed by atoms with van der Waals surface area (Å²) in [7, 11) is 0. The highest BCUT2D eigenvalue weighted by molar-refractivity contribution is 5.54. The second kappa shape index (κ2) is 5.46. The van der Waals surface area contributed by atoms with Gasteiger partial charge in [0.25, 0.3) is 5.56 Å². The Balaban J connectivity index is 2.34. The molecular formula is C15H25N3O2. The third-order valence-electron chi connectivity index (χ3n) is 3.82. The van der Waals surface area contributed by atoms with E-state index in [1.165, 1.54) is 4.68 Å². The van der Waals surface area contributed by atoms with Gasteiger partial charge in [0, 0.05) is 19.6 Å². The van der Waals surface area contributed by atoms with E-state index in [-0.39, 0.29) is 16.7 Å². The topological polar surface area (TPSA) is 58.4 Å². The number of nitrogens with zero attached hydrogens (tertiary/aromatic N) is 3. The number of aromatic nitrogens is 2. The van der Waals surface area contributed by atoms with E-state index in [1.807, 2.05) is 0 Å². The van der Waals surface area contributed by atoms with Gasteiger partial charge in [-0.1, -0.05) is 20.8 Å². The lowest BCUT2D eigenvalue weighted by Gasteiger charge is -2.22. The van der Waals surface area contributed by atoms with Crippen molar-refractivity contribution in [2.75, 3.05) is 18.0 Å². The number of aryl methyl sites for hydroxylation is 1. The normalized spacial score (nSPS) is 15.9. The summed E-state index contributed by atoms with van der Waals surface area (Å²) in [6.45, 7) is 10.5. The van der Waals surface area contributed by atoms with Crippen molar-refractivity contribution in [2.24, 2.45) is 5.41 Å². The first-order valence-electron chi connectivity index (χ1n) is 7.35. The fraction of sp³-hybridized carbons (Fsp3) is 0.733. The molecule has 1 fully saturated rings. The molecule has 0 spiro atoms. The van der Waals surface area contributed by atoms with Gasteiger partial charge in [0.2, 0.25) is 0 Å². The van der Waals surface area contributed by atoms with Crippen molar-refractivity contribution in [3.8, 4) is 5.75 Å². The van der Waals surface area contributed by atoms with Crippen LogP contribution in [0.15, 0.2) is 4.79 Å². The standard InChI is InChI=1S/C15H25N3O2/c1-11-12(19)13(17-8-5-6-9-17)16-18(14(11)20)10-7-15(2,3)4/h19H,5-10H2,1-4H3. The molecule has 0 atom stereocenters. The summed E-state index contributed by atoms with van der Waals surface area (Å²) < 4.78 is 1.51. The second-order valence-corrected chi connectivity index (χ2v) is 6.83. The maximum absolute atomic E-state index is 12.2. The molecule has 2 heterocycles. The van der Waals surface area contributed by atoms with Gasteiger partial charge < -0.3 is 10.0 Å². The van der Waals surface area contributed by atoms with Crippen molar-refractivity contribution < 1.29 is 5.11 Å². The highest BCUT2D eigenvalue weighted by Gasteiger charge is 2.22. The Morgan fingerprint density at radius 1 is 1.25 bits per heavy atom. The van der Waals surface area contributed by atoms with Gasteiger partial charge >= 0.3 is 0 Å². The summed E-state index contributed by atoms with van der Waals surface area (Å²) in [5.41, 5.74) is 0.367. The Morgan fingerprint density at radius 3 is 2.40 bits per heavy atom. The van der Waals surface area contributed by atoms with E-state index < -0.39 is 0 Å². The van der Waals surface area contributed by atoms with Crippen LogP contribution in [0.4, 0.5) is 5.82 Å². The van der Waals surface area contributed by atoms with E-state index in [2.05, 4.69) is 30.8 Å². The molecule has 0 aliphatic carbocycles. The minimum Gasteiger partial charge on any atom is -0.504 e. The van der Waals surface area contributed by atoms with Crippen LogP contribution in [0.3, 0.4) is 0 Å². The summed E-state index contributed by atoms with van der Waals surface area (Å²) in [6.07, 6.45) is 3.10. The number of hydrogen-bond donors (Lipinski definition) is 1. The molecule has 5 heteroatoms. The van der Waals surface area contributed by atoms with E-state index in [0.717, 1.165) is 32.4 Å². The number of rotatable bonds is 3. The first kappa shape index (κ1) is 14.9. The quantitative estimate of drug-likeness (QED) is 0.922. The fourth-order valence-electron chi connectivity index (χ4n) is 2.40. The monoisotopic (exact) mass is 279 g/mol. The summed E-state index contributed by atoms with van der Waals surface area (Å²) in [5.74, 6) is 0.609. The molecule has 1 aliphatic rings. The molecule has 0 aromatic carbocycles. The van der Waals surface area contributed by atoms with Crippen LogP contribution < -0.4 is 10.5 Å². The van der Waals surface area contributed by atoms with Crippen LogP contribution in [0.5, 0.6) is 5.75 Å². The van der Waals surface area contributed by atoms with Crippen molar-refractivity contribution in [3.05, 3.63) is 15.9 Å². The van der Waals surface area contributed by atoms with E-state index >= 15 is 0 Å². The van der Waals surface area contributed by atoms with Gasteiger partial charge in [0.1, 0.15) is 0 Å². The van der Waals surface area contributed by atoms with E-state index in [1.54, 1.807) is 6.92 Å². The summed E-state index contributed by atoms with van der Waals surface area (Å²) in [4.78, 5) is 14.3. The predicted octanol–water partition coefficient (Wildman–Crippen LogP) is 2.29. The molecule has 1 aliphatic heterocycles. The molecule has 0 saturated carbocycles. The highest BCUT2D eigenvalue weighted by atomic mass is 16.3. The molecule has 5 nitrogen and oxygen atoms in total. The Bertz CT molecular complexity index is 537. The lowest BCUT2D eigenvalue weighted by Crippen LogP contribution is -2.30. The van der Waals surface area contributed by atoms with Crippen LogP contribution in [-0.2, 0) is 6.54 Å². The zero-order valence-corrected chi connectivity index (χ0v) is 12.9. The Kier molecular flexibility index (Phi) is 4.06. The molecule has 112 valence electrons. The maximum atomic E-state index is 12.2. The summed E-state index contributed by atoms with van der Waals surface area (Å²) in [5, 5.41) is 14.6. The molecule has 0 bridgehead atoms. The Morgan fingerprint density at radius 2 is 1.85 bits per heavy atom. The lowest BCUT2D eigenvalue weighted by atomic mass is 9.92. The Hall–Kier alpha value is -1.52. The van der Waals surface area contributed by atoms with Gasteiger partial charge in [-0.3, -0.25) is 4.79 Å². The molecule has 2 rings (SSSR count). The van der Waals surface area contributed by atoms with Crippen molar-refractivity contribution in [3.63, 3.8) is 0 Å². The lowest BCUT2D eigenvalue weighted by molar-refractivity contribution is 0.334. The van der Waals surface area contributed by atoms with Crippen LogP contribution in [0.25, 0.3) is 0 Å². The molecule has 0 unspecified atom stereocenters. The first-order chi connectivity index (χ1) is 9.29. The maximum Gasteiger partial charge on any atom is 0.273 e. The average molecular weight is 279 g/mol. The van der Waals surface area contributed by atoms with Crippen LogP contribution in [0.1, 0.15) is 45.6 Å². The van der Waals surface area contributed by atoms with Gasteiger partial charge in [-0.15, -0.1) is 5.10 Å². The SMILES string of the molecule is Cc1c(O)c(N2CCCC2)nn(CCC(C)(C)C)c1=O.